The van der Waals surface area contributed by atoms with Gasteiger partial charge in [0.2, 0.25) is 5.13 Å². The minimum absolute atomic E-state index is 0.201. The second-order valence-corrected chi connectivity index (χ2v) is 7.16. The highest BCUT2D eigenvalue weighted by atomic mass is 79.9. The van der Waals surface area contributed by atoms with E-state index in [1.807, 2.05) is 37.3 Å². The molecule has 1 amide bonds. The van der Waals surface area contributed by atoms with Gasteiger partial charge in [0.25, 0.3) is 5.91 Å². The smallest absolute Gasteiger partial charge is 0.258 e. The number of halogens is 1. The van der Waals surface area contributed by atoms with Gasteiger partial charge in [0.15, 0.2) is 5.82 Å². The summed E-state index contributed by atoms with van der Waals surface area (Å²) in [5.74, 6) is 0.452. The second kappa shape index (κ2) is 6.05. The third kappa shape index (κ3) is 3.20. The van der Waals surface area contributed by atoms with Crippen LogP contribution in [0, 0.1) is 6.92 Å². The Morgan fingerprint density at radius 3 is 2.76 bits per heavy atom. The van der Waals surface area contributed by atoms with E-state index in [0.29, 0.717) is 16.5 Å². The molecule has 7 heteroatoms. The number of amides is 1. The number of benzene rings is 1. The summed E-state index contributed by atoms with van der Waals surface area (Å²) in [5, 5.41) is 3.27. The molecule has 1 aromatic carbocycles. The van der Waals surface area contributed by atoms with Crippen molar-refractivity contribution in [2.24, 2.45) is 0 Å². The lowest BCUT2D eigenvalue weighted by Crippen LogP contribution is -2.12. The molecule has 3 aromatic rings. The van der Waals surface area contributed by atoms with E-state index < -0.39 is 0 Å². The predicted octanol–water partition coefficient (Wildman–Crippen LogP) is 4.59. The summed E-state index contributed by atoms with van der Waals surface area (Å²) < 4.78 is 5.03. The Hall–Kier alpha value is -1.57. The van der Waals surface area contributed by atoms with Crippen molar-refractivity contribution in [3.05, 3.63) is 51.3 Å². The molecule has 0 saturated heterocycles. The summed E-state index contributed by atoms with van der Waals surface area (Å²) in [5.41, 5.74) is 0.571. The van der Waals surface area contributed by atoms with Crippen molar-refractivity contribution in [2.45, 2.75) is 6.92 Å². The molecule has 21 heavy (non-hydrogen) atoms. The number of aryl methyl sites for hydroxylation is 1. The fourth-order valence-corrected chi connectivity index (χ4v) is 3.64. The Labute approximate surface area is 138 Å². The number of nitrogens with zero attached hydrogens (tertiary/aromatic N) is 2. The molecule has 0 aliphatic heterocycles. The average Bonchev–Trinajstić information content (AvgIpc) is 3.08. The molecule has 0 aliphatic carbocycles. The van der Waals surface area contributed by atoms with Gasteiger partial charge in [-0.2, -0.15) is 9.36 Å². The van der Waals surface area contributed by atoms with Crippen molar-refractivity contribution < 1.29 is 4.79 Å². The Morgan fingerprint density at radius 2 is 2.05 bits per heavy atom. The summed E-state index contributed by atoms with van der Waals surface area (Å²) in [6, 6.07) is 11.3. The normalized spacial score (nSPS) is 10.6. The predicted molar refractivity (Wildman–Crippen MR) is 90.1 cm³/mol. The molecule has 0 fully saturated rings. The van der Waals surface area contributed by atoms with Crippen LogP contribution in [0.2, 0.25) is 0 Å². The van der Waals surface area contributed by atoms with Gasteiger partial charge in [0.1, 0.15) is 0 Å². The number of hydrogen-bond donors (Lipinski definition) is 1. The maximum absolute atomic E-state index is 12.2. The highest BCUT2D eigenvalue weighted by Gasteiger charge is 2.13. The molecule has 0 radical (unpaired) electrons. The second-order valence-electron chi connectivity index (χ2n) is 4.27. The van der Waals surface area contributed by atoms with E-state index in [2.05, 4.69) is 30.6 Å². The van der Waals surface area contributed by atoms with Crippen LogP contribution in [0.5, 0.6) is 0 Å². The minimum Gasteiger partial charge on any atom is -0.297 e. The summed E-state index contributed by atoms with van der Waals surface area (Å²) in [7, 11) is 0. The SMILES string of the molecule is Cc1ccc(-c2nsc(NC(=O)c3ccccc3Br)n2)s1. The molecule has 3 rings (SSSR count). The Balaban J connectivity index is 1.79. The molecule has 4 nitrogen and oxygen atoms in total. The molecule has 1 N–H and O–H groups in total. The van der Waals surface area contributed by atoms with E-state index in [1.54, 1.807) is 17.4 Å². The van der Waals surface area contributed by atoms with Gasteiger partial charge >= 0.3 is 0 Å². The highest BCUT2D eigenvalue weighted by molar-refractivity contribution is 9.10. The van der Waals surface area contributed by atoms with Crippen molar-refractivity contribution in [1.82, 2.24) is 9.36 Å². The van der Waals surface area contributed by atoms with Crippen LogP contribution in [0.15, 0.2) is 40.9 Å². The number of carbonyl (C=O) groups excluding carboxylic acids is 1. The summed E-state index contributed by atoms with van der Waals surface area (Å²) in [4.78, 5) is 18.8. The van der Waals surface area contributed by atoms with Crippen molar-refractivity contribution in [2.75, 3.05) is 5.32 Å². The minimum atomic E-state index is -0.201. The molecule has 0 saturated carbocycles. The molecule has 0 aliphatic rings. The molecule has 2 heterocycles. The van der Waals surface area contributed by atoms with Crippen LogP contribution in [-0.2, 0) is 0 Å². The number of anilines is 1. The maximum atomic E-state index is 12.2. The van der Waals surface area contributed by atoms with Gasteiger partial charge in [0, 0.05) is 20.9 Å². The fourth-order valence-electron chi connectivity index (χ4n) is 1.74. The Bertz CT molecular complexity index is 797. The van der Waals surface area contributed by atoms with Crippen LogP contribution >= 0.6 is 38.8 Å². The quantitative estimate of drug-likeness (QED) is 0.723. The van der Waals surface area contributed by atoms with Crippen molar-refractivity contribution >= 4 is 49.8 Å². The van der Waals surface area contributed by atoms with Crippen LogP contribution in [0.3, 0.4) is 0 Å². The van der Waals surface area contributed by atoms with E-state index in [-0.39, 0.29) is 5.91 Å². The topological polar surface area (TPSA) is 54.9 Å². The summed E-state index contributed by atoms with van der Waals surface area (Å²) in [6.07, 6.45) is 0. The van der Waals surface area contributed by atoms with E-state index >= 15 is 0 Å². The molecular formula is C14H10BrN3OS2. The van der Waals surface area contributed by atoms with Crippen LogP contribution < -0.4 is 5.32 Å². The number of rotatable bonds is 3. The zero-order chi connectivity index (χ0) is 14.8. The van der Waals surface area contributed by atoms with Crippen LogP contribution in [-0.4, -0.2) is 15.3 Å². The number of nitrogens with one attached hydrogen (secondary N) is 1. The first-order valence-electron chi connectivity index (χ1n) is 6.10. The van der Waals surface area contributed by atoms with Gasteiger partial charge in [-0.3, -0.25) is 10.1 Å². The molecule has 0 atom stereocenters. The fraction of sp³-hybridized carbons (Fsp3) is 0.0714. The number of carbonyl (C=O) groups is 1. The van der Waals surface area contributed by atoms with Gasteiger partial charge in [-0.15, -0.1) is 11.3 Å². The molecular weight excluding hydrogens is 370 g/mol. The number of thiophene rings is 1. The van der Waals surface area contributed by atoms with Gasteiger partial charge in [-0.1, -0.05) is 12.1 Å². The lowest BCUT2D eigenvalue weighted by molar-refractivity contribution is 0.102. The zero-order valence-electron chi connectivity index (χ0n) is 11.0. The molecule has 106 valence electrons. The Kier molecular flexibility index (Phi) is 4.14. The average molecular weight is 380 g/mol. The first-order chi connectivity index (χ1) is 10.1. The molecule has 0 unspecified atom stereocenters. The molecule has 2 aromatic heterocycles. The first-order valence-corrected chi connectivity index (χ1v) is 8.48. The lowest BCUT2D eigenvalue weighted by atomic mass is 10.2. The standard InChI is InChI=1S/C14H10BrN3OS2/c1-8-6-7-11(20-8)12-16-14(21-18-12)17-13(19)9-4-2-3-5-10(9)15/h2-7H,1H3,(H,16,17,18,19). The first kappa shape index (κ1) is 14.4. The lowest BCUT2D eigenvalue weighted by Gasteiger charge is -2.02. The van der Waals surface area contributed by atoms with Crippen molar-refractivity contribution in [3.63, 3.8) is 0 Å². The molecule has 0 bridgehead atoms. The maximum Gasteiger partial charge on any atom is 0.258 e. The van der Waals surface area contributed by atoms with E-state index in [1.165, 1.54) is 16.4 Å². The zero-order valence-corrected chi connectivity index (χ0v) is 14.2. The molecule has 0 spiro atoms. The van der Waals surface area contributed by atoms with E-state index in [9.17, 15) is 4.79 Å². The highest BCUT2D eigenvalue weighted by Crippen LogP contribution is 2.28. The van der Waals surface area contributed by atoms with Gasteiger partial charge in [-0.25, -0.2) is 0 Å². The van der Waals surface area contributed by atoms with Crippen molar-refractivity contribution in [3.8, 4) is 10.7 Å². The summed E-state index contributed by atoms with van der Waals surface area (Å²) >= 11 is 6.18. The Morgan fingerprint density at radius 1 is 1.24 bits per heavy atom. The summed E-state index contributed by atoms with van der Waals surface area (Å²) in [6.45, 7) is 2.04. The van der Waals surface area contributed by atoms with Crippen LogP contribution in [0.1, 0.15) is 15.2 Å². The van der Waals surface area contributed by atoms with Gasteiger partial charge in [0.05, 0.1) is 10.4 Å². The number of aromatic nitrogens is 2. The van der Waals surface area contributed by atoms with E-state index in [4.69, 9.17) is 0 Å². The largest absolute Gasteiger partial charge is 0.297 e. The van der Waals surface area contributed by atoms with Gasteiger partial charge in [-0.05, 0) is 47.1 Å². The van der Waals surface area contributed by atoms with Crippen LogP contribution in [0.25, 0.3) is 10.7 Å². The third-order valence-electron chi connectivity index (χ3n) is 2.73. The van der Waals surface area contributed by atoms with Gasteiger partial charge < -0.3 is 0 Å². The monoisotopic (exact) mass is 379 g/mol. The van der Waals surface area contributed by atoms with Crippen LogP contribution in [0.4, 0.5) is 5.13 Å². The van der Waals surface area contributed by atoms with E-state index in [0.717, 1.165) is 9.35 Å². The number of hydrogen-bond acceptors (Lipinski definition) is 5. The third-order valence-corrected chi connectivity index (χ3v) is 5.04. The van der Waals surface area contributed by atoms with Crippen molar-refractivity contribution in [1.29, 1.82) is 0 Å².